The maximum Gasteiger partial charge on any atom is -0.00264 e. The van der Waals surface area contributed by atoms with E-state index in [0.717, 1.165) is 0 Å². The zero-order valence-electron chi connectivity index (χ0n) is 18.6. The molecule has 0 N–H and O–H groups in total. The van der Waals surface area contributed by atoms with E-state index in [1.807, 2.05) is 0 Å². The van der Waals surface area contributed by atoms with Crippen molar-refractivity contribution in [2.75, 3.05) is 0 Å². The molecule has 0 atom stereocenters. The Kier molecular flexibility index (Phi) is 4.78. The van der Waals surface area contributed by atoms with Crippen molar-refractivity contribution >= 4 is 21.5 Å². The summed E-state index contributed by atoms with van der Waals surface area (Å²) in [4.78, 5) is 0. The van der Waals surface area contributed by atoms with Gasteiger partial charge in [-0.15, -0.1) is 0 Å². The standard InChI is InChI=1S/C33H24/c1-23-15-17-26(18-16-23)32-28-11-5-7-13-30(28)33(31-14-8-6-12-29(31)32)27-21-19-25(20-22-27)24-9-3-2-4-10-24/h2-22H,1H3. The molecule has 0 fully saturated rings. The maximum atomic E-state index is 2.27. The average molecular weight is 421 g/mol. The number of hydrogen-bond donors (Lipinski definition) is 0. The third-order valence-corrected chi connectivity index (χ3v) is 6.55. The lowest BCUT2D eigenvalue weighted by Gasteiger charge is -2.18. The Balaban J connectivity index is 1.64. The highest BCUT2D eigenvalue weighted by atomic mass is 14.2. The minimum atomic E-state index is 1.24. The first-order valence-corrected chi connectivity index (χ1v) is 11.5. The van der Waals surface area contributed by atoms with Crippen LogP contribution in [0.15, 0.2) is 127 Å². The zero-order chi connectivity index (χ0) is 22.2. The number of aryl methyl sites for hydroxylation is 1. The summed E-state index contributed by atoms with van der Waals surface area (Å²) in [5.74, 6) is 0. The Morgan fingerprint density at radius 3 is 1.09 bits per heavy atom. The molecule has 0 bridgehead atoms. The first-order chi connectivity index (χ1) is 16.3. The van der Waals surface area contributed by atoms with E-state index in [-0.39, 0.29) is 0 Å². The molecule has 0 saturated carbocycles. The second-order valence-electron chi connectivity index (χ2n) is 8.65. The molecule has 6 rings (SSSR count). The highest BCUT2D eigenvalue weighted by Gasteiger charge is 2.16. The van der Waals surface area contributed by atoms with Gasteiger partial charge in [-0.2, -0.15) is 0 Å². The first kappa shape index (κ1) is 19.5. The van der Waals surface area contributed by atoms with Crippen LogP contribution in [0.1, 0.15) is 5.56 Å². The van der Waals surface area contributed by atoms with Crippen LogP contribution in [0.3, 0.4) is 0 Å². The van der Waals surface area contributed by atoms with Crippen LogP contribution in [-0.4, -0.2) is 0 Å². The summed E-state index contributed by atoms with van der Waals surface area (Å²) in [6.07, 6.45) is 0. The van der Waals surface area contributed by atoms with Gasteiger partial charge in [0.1, 0.15) is 0 Å². The summed E-state index contributed by atoms with van der Waals surface area (Å²) in [6, 6.07) is 46.1. The van der Waals surface area contributed by atoms with Crippen LogP contribution in [0.2, 0.25) is 0 Å². The molecular formula is C33H24. The van der Waals surface area contributed by atoms with Gasteiger partial charge in [0.05, 0.1) is 0 Å². The molecule has 0 aliphatic heterocycles. The Hall–Kier alpha value is -4.16. The van der Waals surface area contributed by atoms with Crippen LogP contribution < -0.4 is 0 Å². The van der Waals surface area contributed by atoms with Crippen LogP contribution in [0.5, 0.6) is 0 Å². The number of fused-ring (bicyclic) bond motifs is 2. The van der Waals surface area contributed by atoms with Crippen molar-refractivity contribution in [3.8, 4) is 33.4 Å². The molecular weight excluding hydrogens is 396 g/mol. The van der Waals surface area contributed by atoms with Crippen LogP contribution in [0.4, 0.5) is 0 Å². The van der Waals surface area contributed by atoms with Gasteiger partial charge in [0.15, 0.2) is 0 Å². The molecule has 0 nitrogen and oxygen atoms in total. The molecule has 0 spiro atoms. The molecule has 6 aromatic rings. The van der Waals surface area contributed by atoms with Crippen molar-refractivity contribution in [1.82, 2.24) is 0 Å². The monoisotopic (exact) mass is 420 g/mol. The number of rotatable bonds is 3. The van der Waals surface area contributed by atoms with Gasteiger partial charge < -0.3 is 0 Å². The van der Waals surface area contributed by atoms with E-state index < -0.39 is 0 Å². The van der Waals surface area contributed by atoms with Gasteiger partial charge in [-0.1, -0.05) is 133 Å². The van der Waals surface area contributed by atoms with Crippen molar-refractivity contribution in [1.29, 1.82) is 0 Å². The Bertz CT molecular complexity index is 1520. The van der Waals surface area contributed by atoms with Crippen LogP contribution in [0, 0.1) is 6.92 Å². The molecule has 0 radical (unpaired) electrons. The van der Waals surface area contributed by atoms with Crippen LogP contribution in [-0.2, 0) is 0 Å². The van der Waals surface area contributed by atoms with Gasteiger partial charge in [-0.05, 0) is 61.8 Å². The smallest absolute Gasteiger partial charge is 0.00264 e. The molecule has 33 heavy (non-hydrogen) atoms. The Labute approximate surface area is 194 Å². The molecule has 0 heterocycles. The quantitative estimate of drug-likeness (QED) is 0.250. The molecule has 0 unspecified atom stereocenters. The van der Waals surface area contributed by atoms with Gasteiger partial charge in [0.2, 0.25) is 0 Å². The highest BCUT2D eigenvalue weighted by molar-refractivity contribution is 6.21. The normalized spacial score (nSPS) is 11.2. The third kappa shape index (κ3) is 3.41. The Morgan fingerprint density at radius 1 is 0.303 bits per heavy atom. The van der Waals surface area contributed by atoms with Gasteiger partial charge in [0, 0.05) is 0 Å². The lowest BCUT2D eigenvalue weighted by Crippen LogP contribution is -1.91. The van der Waals surface area contributed by atoms with Crippen molar-refractivity contribution < 1.29 is 0 Å². The Morgan fingerprint density at radius 2 is 0.636 bits per heavy atom. The largest absolute Gasteiger partial charge is 0.0622 e. The van der Waals surface area contributed by atoms with Crippen LogP contribution in [0.25, 0.3) is 54.9 Å². The number of hydrogen-bond acceptors (Lipinski definition) is 0. The predicted molar refractivity (Wildman–Crippen MR) is 142 cm³/mol. The zero-order valence-corrected chi connectivity index (χ0v) is 18.6. The first-order valence-electron chi connectivity index (χ1n) is 11.5. The van der Waals surface area contributed by atoms with E-state index in [9.17, 15) is 0 Å². The molecule has 0 amide bonds. The van der Waals surface area contributed by atoms with Crippen molar-refractivity contribution in [2.24, 2.45) is 0 Å². The van der Waals surface area contributed by atoms with E-state index in [1.54, 1.807) is 0 Å². The predicted octanol–water partition coefficient (Wildman–Crippen LogP) is 9.30. The SMILES string of the molecule is Cc1ccc(-c2c3ccccc3c(-c3ccc(-c4ccccc4)cc3)c3ccccc23)cc1. The van der Waals surface area contributed by atoms with Gasteiger partial charge >= 0.3 is 0 Å². The molecule has 6 aromatic carbocycles. The van der Waals surface area contributed by atoms with Gasteiger partial charge in [0.25, 0.3) is 0 Å². The van der Waals surface area contributed by atoms with Crippen molar-refractivity contribution in [2.45, 2.75) is 6.92 Å². The molecule has 0 saturated heterocycles. The van der Waals surface area contributed by atoms with Crippen molar-refractivity contribution in [3.05, 3.63) is 133 Å². The molecule has 0 heteroatoms. The topological polar surface area (TPSA) is 0 Å². The van der Waals surface area contributed by atoms with Gasteiger partial charge in [-0.25, -0.2) is 0 Å². The summed E-state index contributed by atoms with van der Waals surface area (Å²) >= 11 is 0. The molecule has 0 aromatic heterocycles. The third-order valence-electron chi connectivity index (χ3n) is 6.55. The summed E-state index contributed by atoms with van der Waals surface area (Å²) < 4.78 is 0. The van der Waals surface area contributed by atoms with Crippen molar-refractivity contribution in [3.63, 3.8) is 0 Å². The van der Waals surface area contributed by atoms with E-state index in [2.05, 4.69) is 134 Å². The second kappa shape index (κ2) is 8.07. The molecule has 0 aliphatic carbocycles. The van der Waals surface area contributed by atoms with E-state index in [0.29, 0.717) is 0 Å². The fourth-order valence-electron chi connectivity index (χ4n) is 4.93. The summed E-state index contributed by atoms with van der Waals surface area (Å²) in [6.45, 7) is 2.14. The highest BCUT2D eigenvalue weighted by Crippen LogP contribution is 2.43. The summed E-state index contributed by atoms with van der Waals surface area (Å²) in [7, 11) is 0. The summed E-state index contributed by atoms with van der Waals surface area (Å²) in [5.41, 5.74) is 8.89. The van der Waals surface area contributed by atoms with E-state index in [1.165, 1.54) is 60.5 Å². The van der Waals surface area contributed by atoms with E-state index in [4.69, 9.17) is 0 Å². The van der Waals surface area contributed by atoms with Gasteiger partial charge in [-0.3, -0.25) is 0 Å². The summed E-state index contributed by atoms with van der Waals surface area (Å²) in [5, 5.41) is 5.17. The average Bonchev–Trinajstić information content (AvgIpc) is 2.88. The minimum absolute atomic E-state index is 1.24. The second-order valence-corrected chi connectivity index (χ2v) is 8.65. The fraction of sp³-hybridized carbons (Fsp3) is 0.0303. The number of benzene rings is 6. The fourth-order valence-corrected chi connectivity index (χ4v) is 4.93. The van der Waals surface area contributed by atoms with E-state index >= 15 is 0 Å². The molecule has 156 valence electrons. The van der Waals surface area contributed by atoms with Crippen LogP contribution >= 0.6 is 0 Å². The maximum absolute atomic E-state index is 2.27. The lowest BCUT2D eigenvalue weighted by atomic mass is 9.85. The lowest BCUT2D eigenvalue weighted by molar-refractivity contribution is 1.47. The molecule has 0 aliphatic rings. The minimum Gasteiger partial charge on any atom is -0.0622 e.